The zero-order chi connectivity index (χ0) is 14.0. The molecule has 20 heavy (non-hydrogen) atoms. The van der Waals surface area contributed by atoms with E-state index in [1.807, 2.05) is 18.7 Å². The molecule has 1 aliphatic heterocycles. The molecule has 110 valence electrons. The number of amides is 1. The molecule has 0 spiro atoms. The second-order valence-electron chi connectivity index (χ2n) is 6.43. The smallest absolute Gasteiger partial charge is 0.227 e. The molecule has 0 radical (unpaired) electrons. The van der Waals surface area contributed by atoms with Gasteiger partial charge in [0.05, 0.1) is 17.8 Å². The quantitative estimate of drug-likeness (QED) is 0.879. The van der Waals surface area contributed by atoms with Crippen molar-refractivity contribution in [1.82, 2.24) is 20.2 Å². The highest BCUT2D eigenvalue weighted by Crippen LogP contribution is 2.32. The van der Waals surface area contributed by atoms with Crippen molar-refractivity contribution < 1.29 is 4.79 Å². The van der Waals surface area contributed by atoms with Crippen LogP contribution in [0, 0.1) is 5.41 Å². The van der Waals surface area contributed by atoms with Crippen molar-refractivity contribution in [3.05, 3.63) is 18.7 Å². The van der Waals surface area contributed by atoms with Gasteiger partial charge in [-0.3, -0.25) is 4.79 Å². The number of piperidine rings is 1. The summed E-state index contributed by atoms with van der Waals surface area (Å²) < 4.78 is 2.14. The Morgan fingerprint density at radius 2 is 2.35 bits per heavy atom. The van der Waals surface area contributed by atoms with Gasteiger partial charge in [-0.15, -0.1) is 0 Å². The molecule has 1 amide bonds. The minimum Gasteiger partial charge on any atom is -0.351 e. The number of rotatable bonds is 3. The molecular formula is C15H24N4O. The number of nitrogens with zero attached hydrogens (tertiary/aromatic N) is 2. The molecule has 1 saturated carbocycles. The molecule has 5 nitrogen and oxygen atoms in total. The fourth-order valence-electron chi connectivity index (χ4n) is 3.52. The normalized spacial score (nSPS) is 34.0. The molecule has 3 unspecified atom stereocenters. The van der Waals surface area contributed by atoms with Crippen LogP contribution in [0.1, 0.15) is 45.1 Å². The summed E-state index contributed by atoms with van der Waals surface area (Å²) in [6.45, 7) is 3.90. The molecule has 3 atom stereocenters. The highest BCUT2D eigenvalue weighted by Gasteiger charge is 2.38. The van der Waals surface area contributed by atoms with E-state index < -0.39 is 0 Å². The van der Waals surface area contributed by atoms with Crippen LogP contribution in [0.4, 0.5) is 0 Å². The lowest BCUT2D eigenvalue weighted by Gasteiger charge is -2.34. The summed E-state index contributed by atoms with van der Waals surface area (Å²) in [7, 11) is 0. The van der Waals surface area contributed by atoms with Gasteiger partial charge < -0.3 is 15.2 Å². The van der Waals surface area contributed by atoms with Crippen LogP contribution in [-0.2, 0) is 4.79 Å². The van der Waals surface area contributed by atoms with Crippen LogP contribution < -0.4 is 10.6 Å². The number of carbonyl (C=O) groups is 1. The third-order valence-corrected chi connectivity index (χ3v) is 4.85. The van der Waals surface area contributed by atoms with Crippen LogP contribution in [-0.4, -0.2) is 34.6 Å². The Bertz CT molecular complexity index is 450. The number of carbonyl (C=O) groups excluding carboxylic acids is 1. The molecular weight excluding hydrogens is 252 g/mol. The van der Waals surface area contributed by atoms with Crippen LogP contribution in [0.3, 0.4) is 0 Å². The van der Waals surface area contributed by atoms with Crippen LogP contribution in [0.2, 0.25) is 0 Å². The third kappa shape index (κ3) is 2.59. The maximum Gasteiger partial charge on any atom is 0.227 e. The maximum absolute atomic E-state index is 12.6. The first kappa shape index (κ1) is 13.6. The molecule has 2 aliphatic rings. The second-order valence-corrected chi connectivity index (χ2v) is 6.43. The lowest BCUT2D eigenvalue weighted by molar-refractivity contribution is -0.132. The van der Waals surface area contributed by atoms with Gasteiger partial charge in [0.15, 0.2) is 0 Å². The molecule has 0 bridgehead atoms. The summed E-state index contributed by atoms with van der Waals surface area (Å²) in [6.07, 6.45) is 11.1. The zero-order valence-corrected chi connectivity index (χ0v) is 12.1. The van der Waals surface area contributed by atoms with Crippen LogP contribution in [0.5, 0.6) is 0 Å². The fourth-order valence-corrected chi connectivity index (χ4v) is 3.52. The molecule has 1 aromatic rings. The van der Waals surface area contributed by atoms with E-state index in [0.717, 1.165) is 38.8 Å². The first-order chi connectivity index (χ1) is 9.69. The molecule has 1 aliphatic carbocycles. The molecule has 5 heteroatoms. The van der Waals surface area contributed by atoms with E-state index in [-0.39, 0.29) is 17.4 Å². The highest BCUT2D eigenvalue weighted by molar-refractivity contribution is 5.83. The molecule has 2 fully saturated rings. The summed E-state index contributed by atoms with van der Waals surface area (Å²) in [4.78, 5) is 16.7. The Morgan fingerprint density at radius 3 is 3.05 bits per heavy atom. The van der Waals surface area contributed by atoms with Crippen LogP contribution >= 0.6 is 0 Å². The number of hydrogen-bond donors (Lipinski definition) is 2. The monoisotopic (exact) mass is 276 g/mol. The van der Waals surface area contributed by atoms with E-state index in [1.54, 1.807) is 0 Å². The van der Waals surface area contributed by atoms with Gasteiger partial charge in [0, 0.05) is 25.0 Å². The fraction of sp³-hybridized carbons (Fsp3) is 0.733. The molecule has 2 N–H and O–H groups in total. The Hall–Kier alpha value is -1.36. The van der Waals surface area contributed by atoms with E-state index in [4.69, 9.17) is 0 Å². The summed E-state index contributed by atoms with van der Waals surface area (Å²) >= 11 is 0. The van der Waals surface area contributed by atoms with Gasteiger partial charge in [0.25, 0.3) is 0 Å². The lowest BCUT2D eigenvalue weighted by atomic mass is 9.81. The summed E-state index contributed by atoms with van der Waals surface area (Å²) in [6, 6.07) is 0.608. The number of aromatic nitrogens is 2. The Kier molecular flexibility index (Phi) is 3.78. The second kappa shape index (κ2) is 5.56. The minimum atomic E-state index is -0.250. The van der Waals surface area contributed by atoms with Gasteiger partial charge in [-0.25, -0.2) is 4.98 Å². The summed E-state index contributed by atoms with van der Waals surface area (Å²) in [5.74, 6) is 0.210. The largest absolute Gasteiger partial charge is 0.351 e. The summed E-state index contributed by atoms with van der Waals surface area (Å²) in [5.41, 5.74) is -0.250. The van der Waals surface area contributed by atoms with Crippen molar-refractivity contribution in [2.24, 2.45) is 5.41 Å². The predicted octanol–water partition coefficient (Wildman–Crippen LogP) is 1.48. The van der Waals surface area contributed by atoms with Crippen molar-refractivity contribution in [3.8, 4) is 0 Å². The van der Waals surface area contributed by atoms with Crippen molar-refractivity contribution in [3.63, 3.8) is 0 Å². The van der Waals surface area contributed by atoms with Crippen molar-refractivity contribution in [2.45, 2.75) is 51.1 Å². The molecule has 0 aromatic carbocycles. The van der Waals surface area contributed by atoms with Crippen molar-refractivity contribution in [2.75, 3.05) is 13.1 Å². The molecule has 1 saturated heterocycles. The zero-order valence-electron chi connectivity index (χ0n) is 12.1. The first-order valence-corrected chi connectivity index (χ1v) is 7.68. The third-order valence-electron chi connectivity index (χ3n) is 4.85. The molecule has 3 rings (SSSR count). The van der Waals surface area contributed by atoms with Gasteiger partial charge in [-0.2, -0.15) is 0 Å². The highest BCUT2D eigenvalue weighted by atomic mass is 16.2. The topological polar surface area (TPSA) is 59.0 Å². The van der Waals surface area contributed by atoms with Crippen molar-refractivity contribution >= 4 is 5.91 Å². The minimum absolute atomic E-state index is 0.210. The van der Waals surface area contributed by atoms with Crippen molar-refractivity contribution in [1.29, 1.82) is 0 Å². The number of imidazole rings is 1. The predicted molar refractivity (Wildman–Crippen MR) is 77.3 cm³/mol. The van der Waals surface area contributed by atoms with E-state index >= 15 is 0 Å². The van der Waals surface area contributed by atoms with Gasteiger partial charge in [-0.05, 0) is 45.6 Å². The Labute approximate surface area is 120 Å². The average molecular weight is 276 g/mol. The van der Waals surface area contributed by atoms with Crippen LogP contribution in [0.25, 0.3) is 0 Å². The lowest BCUT2D eigenvalue weighted by Crippen LogP contribution is -2.51. The standard InChI is InChI=1S/C15H24N4O/c1-15(6-3-7-16-10-15)14(20)18-12-4-2-5-13(12)19-9-8-17-11-19/h8-9,11-13,16H,2-7,10H2,1H3,(H,18,20). The molecule has 1 aromatic heterocycles. The maximum atomic E-state index is 12.6. The number of nitrogens with one attached hydrogen (secondary N) is 2. The van der Waals surface area contributed by atoms with Gasteiger partial charge in [0.1, 0.15) is 0 Å². The van der Waals surface area contributed by atoms with Gasteiger partial charge in [-0.1, -0.05) is 0 Å². The van der Waals surface area contributed by atoms with Gasteiger partial charge >= 0.3 is 0 Å². The van der Waals surface area contributed by atoms with E-state index in [1.165, 1.54) is 6.42 Å². The molecule has 2 heterocycles. The SMILES string of the molecule is CC1(C(=O)NC2CCCC2n2ccnc2)CCCNC1. The first-order valence-electron chi connectivity index (χ1n) is 7.68. The van der Waals surface area contributed by atoms with E-state index in [9.17, 15) is 4.79 Å². The van der Waals surface area contributed by atoms with E-state index in [0.29, 0.717) is 6.04 Å². The van der Waals surface area contributed by atoms with E-state index in [2.05, 4.69) is 27.1 Å². The van der Waals surface area contributed by atoms with Gasteiger partial charge in [0.2, 0.25) is 5.91 Å². The Balaban J connectivity index is 1.66. The number of hydrogen-bond acceptors (Lipinski definition) is 3. The Morgan fingerprint density at radius 1 is 1.45 bits per heavy atom. The average Bonchev–Trinajstić information content (AvgIpc) is 3.09. The summed E-state index contributed by atoms with van der Waals surface area (Å²) in [5, 5.41) is 6.64. The van der Waals surface area contributed by atoms with Crippen LogP contribution in [0.15, 0.2) is 18.7 Å².